The number of carbonyl (C=O) groups is 2. The molecule has 2 aliphatic rings. The number of nitrogens with zero attached hydrogens (tertiary/aromatic N) is 1. The Morgan fingerprint density at radius 3 is 2.91 bits per heavy atom. The zero-order valence-electron chi connectivity index (χ0n) is 13.6. The quantitative estimate of drug-likeness (QED) is 0.932. The van der Waals surface area contributed by atoms with Crippen LogP contribution in [0.5, 0.6) is 0 Å². The zero-order chi connectivity index (χ0) is 16.2. The van der Waals surface area contributed by atoms with Gasteiger partial charge in [0.25, 0.3) is 0 Å². The van der Waals surface area contributed by atoms with Crippen molar-refractivity contribution < 1.29 is 14.3 Å². The zero-order valence-corrected chi connectivity index (χ0v) is 13.6. The third-order valence-electron chi connectivity index (χ3n) is 4.68. The van der Waals surface area contributed by atoms with Gasteiger partial charge in [-0.25, -0.2) is 4.79 Å². The summed E-state index contributed by atoms with van der Waals surface area (Å²) in [7, 11) is 0. The molecule has 23 heavy (non-hydrogen) atoms. The van der Waals surface area contributed by atoms with Gasteiger partial charge in [-0.15, -0.1) is 0 Å². The highest BCUT2D eigenvalue weighted by atomic mass is 16.6. The van der Waals surface area contributed by atoms with E-state index < -0.39 is 0 Å². The van der Waals surface area contributed by atoms with Crippen molar-refractivity contribution in [2.24, 2.45) is 5.92 Å². The van der Waals surface area contributed by atoms with E-state index in [1.54, 1.807) is 11.8 Å². The fourth-order valence-electron chi connectivity index (χ4n) is 3.47. The molecule has 5 nitrogen and oxygen atoms in total. The number of benzene rings is 1. The maximum atomic E-state index is 12.5. The highest BCUT2D eigenvalue weighted by molar-refractivity contribution is 5.93. The third kappa shape index (κ3) is 3.66. The lowest BCUT2D eigenvalue weighted by molar-refractivity contribution is -0.121. The van der Waals surface area contributed by atoms with Crippen molar-refractivity contribution in [2.75, 3.05) is 25.0 Å². The highest BCUT2D eigenvalue weighted by Gasteiger charge is 2.29. The Morgan fingerprint density at radius 1 is 1.26 bits per heavy atom. The van der Waals surface area contributed by atoms with Gasteiger partial charge in [0, 0.05) is 18.8 Å². The molecule has 3 rings (SSSR count). The predicted octanol–water partition coefficient (Wildman–Crippen LogP) is 2.98. The Labute approximate surface area is 137 Å². The number of hydrogen-bond donors (Lipinski definition) is 1. The number of fused-ring (bicyclic) bond motifs is 1. The second-order valence-corrected chi connectivity index (χ2v) is 6.31. The van der Waals surface area contributed by atoms with Gasteiger partial charge in [0.05, 0.1) is 12.5 Å². The van der Waals surface area contributed by atoms with Crippen molar-refractivity contribution in [1.29, 1.82) is 0 Å². The molecule has 0 spiro atoms. The first-order valence-corrected chi connectivity index (χ1v) is 8.51. The molecule has 1 aliphatic heterocycles. The van der Waals surface area contributed by atoms with E-state index in [9.17, 15) is 9.59 Å². The van der Waals surface area contributed by atoms with Crippen LogP contribution in [-0.2, 0) is 22.4 Å². The first-order chi connectivity index (χ1) is 11.2. The summed E-state index contributed by atoms with van der Waals surface area (Å²) in [5.41, 5.74) is 3.61. The lowest BCUT2D eigenvalue weighted by Gasteiger charge is -2.31. The van der Waals surface area contributed by atoms with Crippen molar-refractivity contribution in [3.8, 4) is 0 Å². The fourth-order valence-corrected chi connectivity index (χ4v) is 3.47. The van der Waals surface area contributed by atoms with Gasteiger partial charge in [0.15, 0.2) is 0 Å². The molecule has 5 heteroatoms. The number of carbonyl (C=O) groups excluding carboxylic acids is 2. The maximum Gasteiger partial charge on any atom is 0.409 e. The standard InChI is InChI=1S/C18H24N2O3/c1-2-23-18(22)20-10-4-7-15(12-20)17(21)19-16-9-8-13-5-3-6-14(13)11-16/h8-9,11,15H,2-7,10,12H2,1H3,(H,19,21)/t15-/m1/s1. The first-order valence-electron chi connectivity index (χ1n) is 8.51. The van der Waals surface area contributed by atoms with E-state index in [2.05, 4.69) is 17.4 Å². The molecule has 0 unspecified atom stereocenters. The van der Waals surface area contributed by atoms with Crippen LogP contribution in [0.3, 0.4) is 0 Å². The number of rotatable bonds is 3. The second kappa shape index (κ2) is 7.02. The van der Waals surface area contributed by atoms with Gasteiger partial charge >= 0.3 is 6.09 Å². The molecule has 1 fully saturated rings. The van der Waals surface area contributed by atoms with Gasteiger partial charge < -0.3 is 15.0 Å². The second-order valence-electron chi connectivity index (χ2n) is 6.31. The lowest BCUT2D eigenvalue weighted by atomic mass is 9.97. The number of piperidine rings is 1. The summed E-state index contributed by atoms with van der Waals surface area (Å²) in [5.74, 6) is -0.168. The van der Waals surface area contributed by atoms with Crippen LogP contribution < -0.4 is 5.32 Å². The van der Waals surface area contributed by atoms with Crippen LogP contribution in [0.1, 0.15) is 37.3 Å². The Morgan fingerprint density at radius 2 is 2.09 bits per heavy atom. The summed E-state index contributed by atoms with van der Waals surface area (Å²) >= 11 is 0. The van der Waals surface area contributed by atoms with E-state index in [1.807, 2.05) is 6.07 Å². The van der Waals surface area contributed by atoms with Crippen LogP contribution in [0, 0.1) is 5.92 Å². The van der Waals surface area contributed by atoms with Gasteiger partial charge in [-0.05, 0) is 62.3 Å². The van der Waals surface area contributed by atoms with E-state index in [1.165, 1.54) is 17.5 Å². The van der Waals surface area contributed by atoms with Crippen LogP contribution >= 0.6 is 0 Å². The molecule has 124 valence electrons. The average Bonchev–Trinajstić information content (AvgIpc) is 3.03. The number of anilines is 1. The molecule has 1 N–H and O–H groups in total. The summed E-state index contributed by atoms with van der Waals surface area (Å²) in [4.78, 5) is 26.0. The fraction of sp³-hybridized carbons (Fsp3) is 0.556. The highest BCUT2D eigenvalue weighted by Crippen LogP contribution is 2.26. The van der Waals surface area contributed by atoms with Crippen molar-refractivity contribution in [1.82, 2.24) is 4.90 Å². The summed E-state index contributed by atoms with van der Waals surface area (Å²) in [6, 6.07) is 6.18. The van der Waals surface area contributed by atoms with E-state index in [4.69, 9.17) is 4.74 Å². The molecule has 0 saturated carbocycles. The van der Waals surface area contributed by atoms with E-state index in [-0.39, 0.29) is 17.9 Å². The molecule has 1 aromatic carbocycles. The predicted molar refractivity (Wildman–Crippen MR) is 88.4 cm³/mol. The smallest absolute Gasteiger partial charge is 0.409 e. The van der Waals surface area contributed by atoms with E-state index in [0.29, 0.717) is 19.7 Å². The molecular weight excluding hydrogens is 292 g/mol. The Kier molecular flexibility index (Phi) is 4.84. The molecule has 0 aromatic heterocycles. The van der Waals surface area contributed by atoms with Gasteiger partial charge in [-0.1, -0.05) is 6.07 Å². The monoisotopic (exact) mass is 316 g/mol. The molecular formula is C18H24N2O3. The molecule has 1 saturated heterocycles. The summed E-state index contributed by atoms with van der Waals surface area (Å²) < 4.78 is 5.03. The molecule has 1 aliphatic carbocycles. The Hall–Kier alpha value is -2.04. The Bertz CT molecular complexity index is 600. The van der Waals surface area contributed by atoms with Crippen molar-refractivity contribution >= 4 is 17.7 Å². The van der Waals surface area contributed by atoms with Crippen molar-refractivity contribution in [2.45, 2.75) is 39.0 Å². The van der Waals surface area contributed by atoms with Crippen LogP contribution in [-0.4, -0.2) is 36.6 Å². The van der Waals surface area contributed by atoms with Crippen LogP contribution in [0.2, 0.25) is 0 Å². The average molecular weight is 316 g/mol. The van der Waals surface area contributed by atoms with Crippen LogP contribution in [0.25, 0.3) is 0 Å². The minimum absolute atomic E-state index is 0.00283. The number of hydrogen-bond acceptors (Lipinski definition) is 3. The van der Waals surface area contributed by atoms with E-state index >= 15 is 0 Å². The molecule has 0 bridgehead atoms. The number of likely N-dealkylation sites (tertiary alicyclic amines) is 1. The summed E-state index contributed by atoms with van der Waals surface area (Å²) in [6.45, 7) is 3.26. The van der Waals surface area contributed by atoms with Crippen LogP contribution in [0.4, 0.5) is 10.5 Å². The summed E-state index contributed by atoms with van der Waals surface area (Å²) in [6.07, 6.45) is 4.76. The number of nitrogens with one attached hydrogen (secondary N) is 1. The topological polar surface area (TPSA) is 58.6 Å². The molecule has 1 atom stereocenters. The maximum absolute atomic E-state index is 12.5. The SMILES string of the molecule is CCOC(=O)N1CCC[C@@H](C(=O)Nc2ccc3c(c2)CCC3)C1. The number of aryl methyl sites for hydroxylation is 2. The molecule has 1 aromatic rings. The van der Waals surface area contributed by atoms with E-state index in [0.717, 1.165) is 31.4 Å². The largest absolute Gasteiger partial charge is 0.450 e. The summed E-state index contributed by atoms with van der Waals surface area (Å²) in [5, 5.41) is 3.02. The molecule has 0 radical (unpaired) electrons. The lowest BCUT2D eigenvalue weighted by Crippen LogP contribution is -2.44. The molecule has 1 heterocycles. The van der Waals surface area contributed by atoms with Gasteiger partial charge in [0.2, 0.25) is 5.91 Å². The van der Waals surface area contributed by atoms with Gasteiger partial charge in [-0.2, -0.15) is 0 Å². The van der Waals surface area contributed by atoms with Crippen molar-refractivity contribution in [3.63, 3.8) is 0 Å². The molecule has 2 amide bonds. The minimum Gasteiger partial charge on any atom is -0.450 e. The first kappa shape index (κ1) is 15.8. The van der Waals surface area contributed by atoms with Gasteiger partial charge in [-0.3, -0.25) is 4.79 Å². The van der Waals surface area contributed by atoms with Gasteiger partial charge in [0.1, 0.15) is 0 Å². The number of amides is 2. The number of ether oxygens (including phenoxy) is 1. The van der Waals surface area contributed by atoms with Crippen LogP contribution in [0.15, 0.2) is 18.2 Å². The minimum atomic E-state index is -0.317. The third-order valence-corrected chi connectivity index (χ3v) is 4.68. The Balaban J connectivity index is 1.60. The normalized spacial score (nSPS) is 20.0. The van der Waals surface area contributed by atoms with Crippen molar-refractivity contribution in [3.05, 3.63) is 29.3 Å².